The Morgan fingerprint density at radius 1 is 1.61 bits per heavy atom. The van der Waals surface area contributed by atoms with Crippen LogP contribution in [0, 0.1) is 0 Å². The number of hydrogen-bond acceptors (Lipinski definition) is 4. The minimum atomic E-state index is -0.121. The molecule has 1 unspecified atom stereocenters. The lowest BCUT2D eigenvalue weighted by atomic mass is 10.2. The average molecular weight is 266 g/mol. The van der Waals surface area contributed by atoms with Crippen molar-refractivity contribution in [1.82, 2.24) is 10.2 Å². The third-order valence-corrected chi connectivity index (χ3v) is 3.99. The van der Waals surface area contributed by atoms with Crippen molar-refractivity contribution in [2.24, 2.45) is 0 Å². The monoisotopic (exact) mass is 266 g/mol. The Labute approximate surface area is 111 Å². The fourth-order valence-corrected chi connectivity index (χ4v) is 2.91. The number of hydrogen-bond donors (Lipinski definition) is 1. The van der Waals surface area contributed by atoms with Crippen LogP contribution < -0.4 is 5.32 Å². The second kappa shape index (κ2) is 6.68. The molecule has 2 heterocycles. The molecule has 1 amide bonds. The van der Waals surface area contributed by atoms with Crippen molar-refractivity contribution >= 4 is 17.2 Å². The number of rotatable bonds is 5. The number of ether oxygens (including phenoxy) is 1. The maximum atomic E-state index is 11.3. The molecule has 0 spiro atoms. The molecule has 1 fully saturated rings. The van der Waals surface area contributed by atoms with Gasteiger partial charge in [0.2, 0.25) is 5.91 Å². The van der Waals surface area contributed by atoms with E-state index in [1.165, 1.54) is 11.0 Å². The number of morpholine rings is 1. The zero-order chi connectivity index (χ0) is 12.8. The standard InChI is InChI=1S/C13H18N2O2S/c1-2-13(16)14-10-11(12-4-3-9-18-12)15-5-7-17-8-6-15/h2-4,9,11H,1,5-8,10H2,(H,14,16). The Bertz CT molecular complexity index is 386. The summed E-state index contributed by atoms with van der Waals surface area (Å²) in [4.78, 5) is 14.9. The van der Waals surface area contributed by atoms with E-state index in [2.05, 4.69) is 28.2 Å². The summed E-state index contributed by atoms with van der Waals surface area (Å²) in [6.45, 7) is 7.43. The van der Waals surface area contributed by atoms with Crippen molar-refractivity contribution < 1.29 is 9.53 Å². The van der Waals surface area contributed by atoms with Crippen molar-refractivity contribution in [2.45, 2.75) is 6.04 Å². The van der Waals surface area contributed by atoms with Crippen molar-refractivity contribution in [3.63, 3.8) is 0 Å². The van der Waals surface area contributed by atoms with Crippen molar-refractivity contribution in [2.75, 3.05) is 32.8 Å². The molecule has 98 valence electrons. The number of amides is 1. The predicted molar refractivity (Wildman–Crippen MR) is 72.7 cm³/mol. The molecule has 0 saturated carbocycles. The van der Waals surface area contributed by atoms with Crippen molar-refractivity contribution in [3.05, 3.63) is 35.0 Å². The first-order valence-electron chi connectivity index (χ1n) is 6.06. The number of carbonyl (C=O) groups excluding carboxylic acids is 1. The zero-order valence-electron chi connectivity index (χ0n) is 10.3. The summed E-state index contributed by atoms with van der Waals surface area (Å²) >= 11 is 1.72. The quantitative estimate of drug-likeness (QED) is 0.820. The normalized spacial score (nSPS) is 18.2. The molecule has 1 aromatic rings. The highest BCUT2D eigenvalue weighted by Gasteiger charge is 2.23. The van der Waals surface area contributed by atoms with Gasteiger partial charge >= 0.3 is 0 Å². The van der Waals surface area contributed by atoms with E-state index in [0.29, 0.717) is 6.54 Å². The minimum absolute atomic E-state index is 0.121. The van der Waals surface area contributed by atoms with Gasteiger partial charge in [0.15, 0.2) is 0 Å². The molecule has 0 aliphatic carbocycles. The van der Waals surface area contributed by atoms with Crippen LogP contribution >= 0.6 is 11.3 Å². The topological polar surface area (TPSA) is 41.6 Å². The van der Waals surface area contributed by atoms with Gasteiger partial charge in [-0.05, 0) is 17.5 Å². The summed E-state index contributed by atoms with van der Waals surface area (Å²) in [5.41, 5.74) is 0. The Balaban J connectivity index is 2.02. The molecule has 1 aliphatic heterocycles. The third kappa shape index (κ3) is 3.41. The molecule has 4 nitrogen and oxygen atoms in total. The van der Waals surface area contributed by atoms with E-state index in [-0.39, 0.29) is 11.9 Å². The predicted octanol–water partition coefficient (Wildman–Crippen LogP) is 1.42. The fourth-order valence-electron chi connectivity index (χ4n) is 2.05. The van der Waals surface area contributed by atoms with Crippen molar-refractivity contribution in [1.29, 1.82) is 0 Å². The molecule has 1 aliphatic rings. The Hall–Kier alpha value is -1.17. The van der Waals surface area contributed by atoms with Gasteiger partial charge in [-0.2, -0.15) is 0 Å². The summed E-state index contributed by atoms with van der Waals surface area (Å²) in [5.74, 6) is -0.121. The van der Waals surface area contributed by atoms with E-state index >= 15 is 0 Å². The smallest absolute Gasteiger partial charge is 0.243 e. The van der Waals surface area contributed by atoms with Crippen LogP contribution in [0.25, 0.3) is 0 Å². The van der Waals surface area contributed by atoms with Gasteiger partial charge in [-0.25, -0.2) is 0 Å². The van der Waals surface area contributed by atoms with E-state index in [4.69, 9.17) is 4.74 Å². The highest BCUT2D eigenvalue weighted by atomic mass is 32.1. The third-order valence-electron chi connectivity index (χ3n) is 3.01. The van der Waals surface area contributed by atoms with Gasteiger partial charge in [-0.15, -0.1) is 11.3 Å². The summed E-state index contributed by atoms with van der Waals surface area (Å²) in [7, 11) is 0. The largest absolute Gasteiger partial charge is 0.379 e. The van der Waals surface area contributed by atoms with Crippen LogP contribution in [0.4, 0.5) is 0 Å². The first-order chi connectivity index (χ1) is 8.81. The number of nitrogens with one attached hydrogen (secondary N) is 1. The van der Waals surface area contributed by atoms with Crippen LogP contribution in [0.5, 0.6) is 0 Å². The van der Waals surface area contributed by atoms with E-state index < -0.39 is 0 Å². The molecular weight excluding hydrogens is 248 g/mol. The molecular formula is C13H18N2O2S. The molecule has 1 aromatic heterocycles. The van der Waals surface area contributed by atoms with Gasteiger partial charge in [0.1, 0.15) is 0 Å². The Morgan fingerprint density at radius 3 is 3.00 bits per heavy atom. The SMILES string of the molecule is C=CC(=O)NCC(c1cccs1)N1CCOCC1. The molecule has 2 rings (SSSR count). The van der Waals surface area contributed by atoms with Gasteiger partial charge in [-0.1, -0.05) is 12.6 Å². The van der Waals surface area contributed by atoms with E-state index in [0.717, 1.165) is 26.3 Å². The summed E-state index contributed by atoms with van der Waals surface area (Å²) in [6.07, 6.45) is 1.31. The summed E-state index contributed by atoms with van der Waals surface area (Å²) in [6, 6.07) is 4.39. The van der Waals surface area contributed by atoms with Gasteiger partial charge in [0.25, 0.3) is 0 Å². The molecule has 1 atom stereocenters. The maximum Gasteiger partial charge on any atom is 0.243 e. The number of thiophene rings is 1. The summed E-state index contributed by atoms with van der Waals surface area (Å²) in [5, 5.41) is 4.95. The fraction of sp³-hybridized carbons (Fsp3) is 0.462. The molecule has 0 aromatic carbocycles. The minimum Gasteiger partial charge on any atom is -0.379 e. The van der Waals surface area contributed by atoms with Gasteiger partial charge < -0.3 is 10.1 Å². The van der Waals surface area contributed by atoms with Crippen molar-refractivity contribution in [3.8, 4) is 0 Å². The second-order valence-electron chi connectivity index (χ2n) is 4.13. The van der Waals surface area contributed by atoms with E-state index in [9.17, 15) is 4.79 Å². The molecule has 0 bridgehead atoms. The first-order valence-corrected chi connectivity index (χ1v) is 6.94. The van der Waals surface area contributed by atoms with Gasteiger partial charge in [0.05, 0.1) is 19.3 Å². The lowest BCUT2D eigenvalue weighted by Crippen LogP contribution is -2.43. The van der Waals surface area contributed by atoms with Crippen LogP contribution in [-0.4, -0.2) is 43.7 Å². The number of carbonyl (C=O) groups is 1. The van der Waals surface area contributed by atoms with Crippen LogP contribution in [0.1, 0.15) is 10.9 Å². The Kier molecular flexibility index (Phi) is 4.92. The first kappa shape index (κ1) is 13.3. The Morgan fingerprint density at radius 2 is 2.39 bits per heavy atom. The maximum absolute atomic E-state index is 11.3. The molecule has 0 radical (unpaired) electrons. The zero-order valence-corrected chi connectivity index (χ0v) is 11.1. The van der Waals surface area contributed by atoms with Gasteiger partial charge in [-0.3, -0.25) is 9.69 Å². The average Bonchev–Trinajstić information content (AvgIpc) is 2.94. The molecule has 18 heavy (non-hydrogen) atoms. The van der Waals surface area contributed by atoms with Crippen LogP contribution in [0.3, 0.4) is 0 Å². The summed E-state index contributed by atoms with van der Waals surface area (Å²) < 4.78 is 5.37. The molecule has 5 heteroatoms. The lowest BCUT2D eigenvalue weighted by molar-refractivity contribution is -0.116. The van der Waals surface area contributed by atoms with E-state index in [1.807, 2.05) is 6.07 Å². The van der Waals surface area contributed by atoms with Gasteiger partial charge in [0, 0.05) is 24.5 Å². The van der Waals surface area contributed by atoms with Crippen LogP contribution in [0.2, 0.25) is 0 Å². The van der Waals surface area contributed by atoms with E-state index in [1.54, 1.807) is 11.3 Å². The lowest BCUT2D eigenvalue weighted by Gasteiger charge is -2.34. The molecule has 1 saturated heterocycles. The molecule has 1 N–H and O–H groups in total. The highest BCUT2D eigenvalue weighted by molar-refractivity contribution is 7.10. The highest BCUT2D eigenvalue weighted by Crippen LogP contribution is 2.25. The van der Waals surface area contributed by atoms with Crippen LogP contribution in [0.15, 0.2) is 30.2 Å². The van der Waals surface area contributed by atoms with Crippen LogP contribution in [-0.2, 0) is 9.53 Å². The number of nitrogens with zero attached hydrogens (tertiary/aromatic N) is 1. The second-order valence-corrected chi connectivity index (χ2v) is 5.11.